The van der Waals surface area contributed by atoms with E-state index in [1.54, 1.807) is 30.3 Å². The van der Waals surface area contributed by atoms with Gasteiger partial charge >= 0.3 is 0 Å². The van der Waals surface area contributed by atoms with E-state index in [4.69, 9.17) is 0 Å². The lowest BCUT2D eigenvalue weighted by Gasteiger charge is -2.38. The number of carbonyl (C=O) groups excluding carboxylic acids is 1. The van der Waals surface area contributed by atoms with Gasteiger partial charge in [0.05, 0.1) is 12.8 Å². The van der Waals surface area contributed by atoms with Crippen LogP contribution in [0.25, 0.3) is 0 Å². The summed E-state index contributed by atoms with van der Waals surface area (Å²) in [5.41, 5.74) is 4.83. The zero-order valence-electron chi connectivity index (χ0n) is 16.2. The van der Waals surface area contributed by atoms with Gasteiger partial charge in [0, 0.05) is 5.56 Å². The summed E-state index contributed by atoms with van der Waals surface area (Å²) < 4.78 is 28.5. The van der Waals surface area contributed by atoms with Gasteiger partial charge in [-0.15, -0.1) is 11.5 Å². The maximum Gasteiger partial charge on any atom is 0.266 e. The van der Waals surface area contributed by atoms with Gasteiger partial charge in [-0.3, -0.25) is 4.79 Å². The second-order valence-corrected chi connectivity index (χ2v) is 13.3. The predicted octanol–water partition coefficient (Wildman–Crippen LogP) is 6.51. The van der Waals surface area contributed by atoms with Crippen LogP contribution in [0.5, 0.6) is 0 Å². The molecule has 0 fully saturated rings. The van der Waals surface area contributed by atoms with E-state index in [0.29, 0.717) is 22.2 Å². The Kier molecular flexibility index (Phi) is 7.56. The fraction of sp³-hybridized carbons (Fsp3) is 0.571. The van der Waals surface area contributed by atoms with E-state index in [-0.39, 0.29) is 0 Å². The molecule has 0 aliphatic heterocycles. The number of ketones is 1. The van der Waals surface area contributed by atoms with Gasteiger partial charge in [-0.1, -0.05) is 71.9 Å². The molecule has 0 bridgehead atoms. The summed E-state index contributed by atoms with van der Waals surface area (Å²) >= 11 is 0. The van der Waals surface area contributed by atoms with Crippen molar-refractivity contribution in [3.63, 3.8) is 0 Å². The molecule has 138 valence electrons. The minimum atomic E-state index is -3.09. The first-order valence-electron chi connectivity index (χ1n) is 8.99. The van der Waals surface area contributed by atoms with Gasteiger partial charge in [-0.25, -0.2) is 8.78 Å². The Morgan fingerprint density at radius 3 is 1.92 bits per heavy atom. The van der Waals surface area contributed by atoms with E-state index in [2.05, 4.69) is 53.0 Å². The van der Waals surface area contributed by atoms with Crippen molar-refractivity contribution in [1.29, 1.82) is 0 Å². The Morgan fingerprint density at radius 1 is 1.00 bits per heavy atom. The molecule has 4 heteroatoms. The van der Waals surface area contributed by atoms with Crippen molar-refractivity contribution in [2.75, 3.05) is 0 Å². The number of alkyl halides is 2. The van der Waals surface area contributed by atoms with Crippen LogP contribution in [-0.4, -0.2) is 19.8 Å². The van der Waals surface area contributed by atoms with Crippen molar-refractivity contribution in [2.24, 2.45) is 0 Å². The molecule has 0 amide bonds. The predicted molar refractivity (Wildman–Crippen MR) is 104 cm³/mol. The maximum absolute atomic E-state index is 14.2. The lowest BCUT2D eigenvalue weighted by Crippen LogP contribution is -2.43. The summed E-state index contributed by atoms with van der Waals surface area (Å²) in [4.78, 5) is 12.0. The second kappa shape index (κ2) is 8.76. The number of hydrogen-bond acceptors (Lipinski definition) is 1. The summed E-state index contributed by atoms with van der Waals surface area (Å²) in [6.45, 7) is 12.9. The molecule has 0 aliphatic carbocycles. The number of benzene rings is 1. The molecule has 1 nitrogen and oxygen atoms in total. The topological polar surface area (TPSA) is 17.1 Å². The highest BCUT2D eigenvalue weighted by Gasteiger charge is 2.42. The van der Waals surface area contributed by atoms with E-state index < -0.39 is 32.6 Å². The fourth-order valence-corrected chi connectivity index (χ4v) is 9.04. The van der Waals surface area contributed by atoms with Crippen molar-refractivity contribution in [3.05, 3.63) is 35.9 Å². The molecule has 1 aromatic rings. The highest BCUT2D eigenvalue weighted by molar-refractivity contribution is 6.90. The Bertz CT molecular complexity index is 603. The third kappa shape index (κ3) is 5.50. The summed E-state index contributed by atoms with van der Waals surface area (Å²) in [7, 11) is -2.01. The normalized spacial score (nSPS) is 12.4. The first-order valence-corrected chi connectivity index (χ1v) is 11.2. The molecule has 0 radical (unpaired) electrons. The van der Waals surface area contributed by atoms with E-state index in [9.17, 15) is 13.6 Å². The molecule has 0 N–H and O–H groups in total. The number of hydrogen-bond donors (Lipinski definition) is 0. The largest absolute Gasteiger partial charge is 0.294 e. The van der Waals surface area contributed by atoms with Crippen LogP contribution >= 0.6 is 0 Å². The van der Waals surface area contributed by atoms with Crippen LogP contribution in [0.3, 0.4) is 0 Å². The average molecular weight is 365 g/mol. The van der Waals surface area contributed by atoms with Gasteiger partial charge in [0.25, 0.3) is 5.92 Å². The summed E-state index contributed by atoms with van der Waals surface area (Å²) in [5.74, 6) is -0.850. The smallest absolute Gasteiger partial charge is 0.266 e. The summed E-state index contributed by atoms with van der Waals surface area (Å²) in [6, 6.07) is 8.25. The molecule has 1 rings (SSSR count). The molecule has 0 saturated carbocycles. The molecule has 0 aliphatic rings. The average Bonchev–Trinajstić information content (AvgIpc) is 2.50. The van der Waals surface area contributed by atoms with Gasteiger partial charge in [-0.05, 0) is 16.6 Å². The fourth-order valence-electron chi connectivity index (χ4n) is 3.78. The van der Waals surface area contributed by atoms with Crippen molar-refractivity contribution in [2.45, 2.75) is 76.9 Å². The van der Waals surface area contributed by atoms with Crippen LogP contribution in [0, 0.1) is 11.5 Å². The molecule has 0 atom stereocenters. The first-order chi connectivity index (χ1) is 11.5. The minimum Gasteiger partial charge on any atom is -0.294 e. The van der Waals surface area contributed by atoms with E-state index >= 15 is 0 Å². The van der Waals surface area contributed by atoms with Crippen LogP contribution in [0.1, 0.15) is 64.7 Å². The van der Waals surface area contributed by atoms with Crippen LogP contribution in [-0.2, 0) is 0 Å². The Morgan fingerprint density at radius 2 is 1.48 bits per heavy atom. The van der Waals surface area contributed by atoms with Crippen LogP contribution < -0.4 is 0 Å². The third-order valence-electron chi connectivity index (χ3n) is 5.03. The minimum absolute atomic E-state index is 0.324. The lowest BCUT2D eigenvalue weighted by atomic mass is 10.0. The number of rotatable bonds is 7. The van der Waals surface area contributed by atoms with E-state index in [1.165, 1.54) is 0 Å². The summed E-state index contributed by atoms with van der Waals surface area (Å²) in [6.07, 6.45) is -1.34. The van der Waals surface area contributed by atoms with Crippen molar-refractivity contribution in [1.82, 2.24) is 0 Å². The molecular weight excluding hydrogens is 334 g/mol. The molecule has 0 spiro atoms. The lowest BCUT2D eigenvalue weighted by molar-refractivity contribution is 0.00229. The first kappa shape index (κ1) is 21.6. The third-order valence-corrected chi connectivity index (χ3v) is 11.4. The molecule has 1 aromatic carbocycles. The van der Waals surface area contributed by atoms with Crippen LogP contribution in [0.2, 0.25) is 16.6 Å². The molecule has 0 aromatic heterocycles. The molecule has 0 unspecified atom stereocenters. The second-order valence-electron chi connectivity index (χ2n) is 7.70. The van der Waals surface area contributed by atoms with Gasteiger partial charge in [0.1, 0.15) is 8.07 Å². The Balaban J connectivity index is 2.91. The number of Topliss-reactive ketones (excluding diaryl/α,β-unsaturated/α-hetero) is 1. The van der Waals surface area contributed by atoms with Crippen molar-refractivity contribution >= 4 is 13.9 Å². The van der Waals surface area contributed by atoms with Crippen molar-refractivity contribution < 1.29 is 13.6 Å². The SMILES string of the molecule is CC(C)[Si](C#CCC(F)(F)CC(=O)c1ccccc1)(C(C)C)C(C)C. The quantitative estimate of drug-likeness (QED) is 0.306. The summed E-state index contributed by atoms with van der Waals surface area (Å²) in [5, 5.41) is 0. The standard InChI is InChI=1S/C21H30F2OSi/c1-16(2)25(17(3)4,18(5)6)14-10-13-21(22,23)15-20(24)19-11-8-7-9-12-19/h7-9,11-12,16-18H,13,15H2,1-6H3. The molecule has 25 heavy (non-hydrogen) atoms. The highest BCUT2D eigenvalue weighted by Crippen LogP contribution is 2.40. The monoisotopic (exact) mass is 364 g/mol. The van der Waals surface area contributed by atoms with E-state index in [1.807, 2.05) is 0 Å². The number of halogens is 2. The Hall–Kier alpha value is -1.47. The molecular formula is C21H30F2OSi. The molecule has 0 heterocycles. The number of carbonyl (C=O) groups is 1. The van der Waals surface area contributed by atoms with Gasteiger partial charge in [-0.2, -0.15) is 0 Å². The molecule has 0 saturated heterocycles. The zero-order chi connectivity index (χ0) is 19.3. The maximum atomic E-state index is 14.2. The van der Waals surface area contributed by atoms with Gasteiger partial charge < -0.3 is 0 Å². The van der Waals surface area contributed by atoms with Crippen LogP contribution in [0.4, 0.5) is 8.78 Å². The Labute approximate surface area is 152 Å². The van der Waals surface area contributed by atoms with Gasteiger partial charge in [0.2, 0.25) is 0 Å². The zero-order valence-corrected chi connectivity index (χ0v) is 17.2. The van der Waals surface area contributed by atoms with E-state index in [0.717, 1.165) is 0 Å². The van der Waals surface area contributed by atoms with Crippen molar-refractivity contribution in [3.8, 4) is 11.5 Å². The van der Waals surface area contributed by atoms with Gasteiger partial charge in [0.15, 0.2) is 5.78 Å². The highest BCUT2D eigenvalue weighted by atomic mass is 28.3. The van der Waals surface area contributed by atoms with Crippen LogP contribution in [0.15, 0.2) is 30.3 Å².